The van der Waals surface area contributed by atoms with Crippen LogP contribution >= 0.6 is 0 Å². The minimum absolute atomic E-state index is 0.276. The SMILES string of the molecule is CCN(CC1CCCCN1)C(=O)C1CC2C=CC1C2. The van der Waals surface area contributed by atoms with Crippen molar-refractivity contribution < 1.29 is 4.79 Å². The van der Waals surface area contributed by atoms with Gasteiger partial charge in [-0.2, -0.15) is 0 Å². The zero-order valence-corrected chi connectivity index (χ0v) is 12.0. The van der Waals surface area contributed by atoms with Gasteiger partial charge in [0.1, 0.15) is 0 Å². The molecule has 1 heterocycles. The summed E-state index contributed by atoms with van der Waals surface area (Å²) in [7, 11) is 0. The summed E-state index contributed by atoms with van der Waals surface area (Å²) in [6, 6.07) is 0.520. The fourth-order valence-electron chi connectivity index (χ4n) is 4.02. The van der Waals surface area contributed by atoms with Gasteiger partial charge < -0.3 is 10.2 Å². The Bertz CT molecular complexity index is 360. The molecule has 0 radical (unpaired) electrons. The van der Waals surface area contributed by atoms with Crippen molar-refractivity contribution in [1.29, 1.82) is 0 Å². The van der Waals surface area contributed by atoms with Crippen LogP contribution in [0.3, 0.4) is 0 Å². The molecule has 3 heteroatoms. The maximum absolute atomic E-state index is 12.7. The van der Waals surface area contributed by atoms with Gasteiger partial charge in [-0.05, 0) is 51.0 Å². The number of carbonyl (C=O) groups is 1. The van der Waals surface area contributed by atoms with E-state index in [1.807, 2.05) is 0 Å². The smallest absolute Gasteiger partial charge is 0.226 e. The highest BCUT2D eigenvalue weighted by atomic mass is 16.2. The Morgan fingerprint density at radius 2 is 2.21 bits per heavy atom. The summed E-state index contributed by atoms with van der Waals surface area (Å²) >= 11 is 0. The number of hydrogen-bond donors (Lipinski definition) is 1. The van der Waals surface area contributed by atoms with Crippen LogP contribution in [-0.2, 0) is 4.79 Å². The minimum atomic E-state index is 0.276. The van der Waals surface area contributed by atoms with Crippen LogP contribution in [0.5, 0.6) is 0 Å². The molecule has 2 aliphatic carbocycles. The molecular weight excluding hydrogens is 236 g/mol. The van der Waals surface area contributed by atoms with Crippen molar-refractivity contribution in [3.8, 4) is 0 Å². The lowest BCUT2D eigenvalue weighted by molar-refractivity contribution is -0.136. The van der Waals surface area contributed by atoms with Crippen LogP contribution in [0.25, 0.3) is 0 Å². The number of hydrogen-bond acceptors (Lipinski definition) is 2. The van der Waals surface area contributed by atoms with Crippen molar-refractivity contribution >= 4 is 5.91 Å². The van der Waals surface area contributed by atoms with E-state index in [0.717, 1.165) is 26.1 Å². The zero-order chi connectivity index (χ0) is 13.2. The summed E-state index contributed by atoms with van der Waals surface area (Å²) in [5, 5.41) is 3.56. The second-order valence-electron chi connectivity index (χ2n) is 6.41. The number of allylic oxidation sites excluding steroid dienone is 2. The number of carbonyl (C=O) groups excluding carboxylic acids is 1. The molecule has 1 amide bonds. The number of likely N-dealkylation sites (N-methyl/N-ethyl adjacent to an activating group) is 1. The largest absolute Gasteiger partial charge is 0.341 e. The van der Waals surface area contributed by atoms with Crippen LogP contribution in [-0.4, -0.2) is 36.5 Å². The van der Waals surface area contributed by atoms with E-state index >= 15 is 0 Å². The van der Waals surface area contributed by atoms with Crippen molar-refractivity contribution in [2.24, 2.45) is 17.8 Å². The van der Waals surface area contributed by atoms with Gasteiger partial charge in [-0.1, -0.05) is 18.6 Å². The molecule has 3 rings (SSSR count). The average molecular weight is 262 g/mol. The van der Waals surface area contributed by atoms with Gasteiger partial charge in [-0.3, -0.25) is 4.79 Å². The van der Waals surface area contributed by atoms with E-state index in [1.165, 1.54) is 25.7 Å². The van der Waals surface area contributed by atoms with Crippen molar-refractivity contribution in [2.75, 3.05) is 19.6 Å². The molecule has 0 aromatic heterocycles. The van der Waals surface area contributed by atoms with Crippen LogP contribution < -0.4 is 5.32 Å². The Kier molecular flexibility index (Phi) is 3.92. The molecule has 3 nitrogen and oxygen atoms in total. The maximum atomic E-state index is 12.7. The Morgan fingerprint density at radius 3 is 2.79 bits per heavy atom. The zero-order valence-electron chi connectivity index (χ0n) is 12.0. The molecule has 19 heavy (non-hydrogen) atoms. The van der Waals surface area contributed by atoms with E-state index < -0.39 is 0 Å². The van der Waals surface area contributed by atoms with E-state index in [2.05, 4.69) is 29.3 Å². The van der Waals surface area contributed by atoms with Gasteiger partial charge in [-0.25, -0.2) is 0 Å². The van der Waals surface area contributed by atoms with Crippen LogP contribution in [0.1, 0.15) is 39.0 Å². The Balaban J connectivity index is 1.58. The third-order valence-electron chi connectivity index (χ3n) is 5.14. The maximum Gasteiger partial charge on any atom is 0.226 e. The first-order chi connectivity index (χ1) is 9.28. The molecule has 1 N–H and O–H groups in total. The normalized spacial score (nSPS) is 36.7. The van der Waals surface area contributed by atoms with Gasteiger partial charge in [0.25, 0.3) is 0 Å². The highest BCUT2D eigenvalue weighted by Crippen LogP contribution is 2.44. The van der Waals surface area contributed by atoms with Crippen LogP contribution in [0.4, 0.5) is 0 Å². The predicted octanol–water partition coefficient (Wildman–Crippen LogP) is 2.19. The number of fused-ring (bicyclic) bond motifs is 2. The van der Waals surface area contributed by atoms with Gasteiger partial charge in [0.15, 0.2) is 0 Å². The first-order valence-corrected chi connectivity index (χ1v) is 7.98. The summed E-state index contributed by atoms with van der Waals surface area (Å²) in [5.74, 6) is 1.90. The van der Waals surface area contributed by atoms with E-state index in [9.17, 15) is 4.79 Å². The Labute approximate surface area is 116 Å². The first-order valence-electron chi connectivity index (χ1n) is 7.98. The van der Waals surface area contributed by atoms with E-state index in [-0.39, 0.29) is 5.92 Å². The quantitative estimate of drug-likeness (QED) is 0.788. The van der Waals surface area contributed by atoms with Gasteiger partial charge >= 0.3 is 0 Å². The number of nitrogens with zero attached hydrogens (tertiary/aromatic N) is 1. The predicted molar refractivity (Wildman–Crippen MR) is 76.7 cm³/mol. The molecule has 4 unspecified atom stereocenters. The minimum Gasteiger partial charge on any atom is -0.341 e. The molecule has 1 saturated carbocycles. The van der Waals surface area contributed by atoms with Crippen LogP contribution in [0.15, 0.2) is 12.2 Å². The molecule has 0 aromatic rings. The van der Waals surface area contributed by atoms with Crippen LogP contribution in [0.2, 0.25) is 0 Å². The fourth-order valence-corrected chi connectivity index (χ4v) is 4.02. The third-order valence-corrected chi connectivity index (χ3v) is 5.14. The second-order valence-corrected chi connectivity index (χ2v) is 6.41. The van der Waals surface area contributed by atoms with Gasteiger partial charge in [-0.15, -0.1) is 0 Å². The lowest BCUT2D eigenvalue weighted by atomic mass is 9.92. The van der Waals surface area contributed by atoms with Crippen molar-refractivity contribution in [2.45, 2.75) is 45.1 Å². The number of nitrogens with one attached hydrogen (secondary N) is 1. The van der Waals surface area contributed by atoms with E-state index in [0.29, 0.717) is 23.8 Å². The Morgan fingerprint density at radius 1 is 1.32 bits per heavy atom. The van der Waals surface area contributed by atoms with E-state index in [1.54, 1.807) is 0 Å². The summed E-state index contributed by atoms with van der Waals surface area (Å²) < 4.78 is 0. The van der Waals surface area contributed by atoms with Gasteiger partial charge in [0.2, 0.25) is 5.91 Å². The fraction of sp³-hybridized carbons (Fsp3) is 0.812. The molecule has 3 aliphatic rings. The number of rotatable bonds is 4. The third kappa shape index (κ3) is 2.71. The van der Waals surface area contributed by atoms with Crippen molar-refractivity contribution in [3.63, 3.8) is 0 Å². The van der Waals surface area contributed by atoms with Gasteiger partial charge in [0, 0.05) is 25.0 Å². The Hall–Kier alpha value is -0.830. The number of piperidine rings is 1. The molecule has 2 fully saturated rings. The molecule has 1 aliphatic heterocycles. The van der Waals surface area contributed by atoms with E-state index in [4.69, 9.17) is 0 Å². The number of amides is 1. The highest BCUT2D eigenvalue weighted by molar-refractivity contribution is 5.80. The molecular formula is C16H26N2O. The van der Waals surface area contributed by atoms with Gasteiger partial charge in [0.05, 0.1) is 0 Å². The molecule has 0 aromatic carbocycles. The summed E-state index contributed by atoms with van der Waals surface area (Å²) in [5.41, 5.74) is 0. The molecule has 4 atom stereocenters. The monoisotopic (exact) mass is 262 g/mol. The molecule has 2 bridgehead atoms. The topological polar surface area (TPSA) is 32.3 Å². The first kappa shape index (κ1) is 13.2. The summed E-state index contributed by atoms with van der Waals surface area (Å²) in [6.07, 6.45) is 10.7. The summed E-state index contributed by atoms with van der Waals surface area (Å²) in [6.45, 7) is 5.00. The standard InChI is InChI=1S/C16H26N2O/c1-2-18(11-14-5-3-4-8-17-14)16(19)15-10-12-6-7-13(15)9-12/h6-7,12-15,17H,2-5,8-11H2,1H3. The molecule has 106 valence electrons. The van der Waals surface area contributed by atoms with Crippen LogP contribution in [0, 0.1) is 17.8 Å². The summed E-state index contributed by atoms with van der Waals surface area (Å²) in [4.78, 5) is 14.8. The lowest BCUT2D eigenvalue weighted by Crippen LogP contribution is -2.47. The highest BCUT2D eigenvalue weighted by Gasteiger charge is 2.41. The lowest BCUT2D eigenvalue weighted by Gasteiger charge is -2.32. The van der Waals surface area contributed by atoms with Crippen molar-refractivity contribution in [3.05, 3.63) is 12.2 Å². The van der Waals surface area contributed by atoms with Crippen molar-refractivity contribution in [1.82, 2.24) is 10.2 Å². The average Bonchev–Trinajstić information content (AvgIpc) is 3.08. The molecule has 0 spiro atoms. The molecule has 1 saturated heterocycles. The second kappa shape index (κ2) is 5.66.